The molecular formula is C44H51N3O8. The first-order valence-electron chi connectivity index (χ1n) is 19.3. The second-order valence-electron chi connectivity index (χ2n) is 15.2. The molecule has 3 heterocycles. The number of aryl methyl sites for hydroxylation is 1. The van der Waals surface area contributed by atoms with Gasteiger partial charge in [0.05, 0.1) is 20.4 Å². The van der Waals surface area contributed by atoms with Gasteiger partial charge in [0.25, 0.3) is 0 Å². The molecule has 5 aromatic rings. The van der Waals surface area contributed by atoms with Crippen LogP contribution < -0.4 is 24.8 Å². The van der Waals surface area contributed by atoms with Gasteiger partial charge in [-0.25, -0.2) is 0 Å². The molecule has 4 aromatic carbocycles. The molecule has 0 saturated heterocycles. The Kier molecular flexibility index (Phi) is 10.4. The first kappa shape index (κ1) is 37.2. The zero-order chi connectivity index (χ0) is 38.3. The standard InChI is InChI=1S/C44H51N3O8/c1-45-23-44(53-24-46-2)21-36-35-18-28(16-25-6-11-37-26(15-25)12-13-47-37)34-20-30(50)7-9-32(34)39(35)42-33(10-8-31(22-49)54-42)41(36)55-43(44)29-17-27(5-4-14-48)40(51)38(19-29)52-3/h6-7,9,11-13,15,17,19-20,28,31,43,45-51H,4-5,8,10,14,16,18,21-24H2,1-3H3/t28-,31+,43+,44-/m0/s1. The molecule has 0 radical (unpaired) electrons. The minimum atomic E-state index is -0.907. The zero-order valence-corrected chi connectivity index (χ0v) is 31.7. The number of aromatic hydroxyl groups is 2. The maximum atomic E-state index is 11.1. The summed E-state index contributed by atoms with van der Waals surface area (Å²) < 4.78 is 26.6. The molecule has 0 unspecified atom stereocenters. The molecule has 11 nitrogen and oxygen atoms in total. The lowest BCUT2D eigenvalue weighted by Crippen LogP contribution is -2.54. The Morgan fingerprint density at radius 2 is 1.82 bits per heavy atom. The van der Waals surface area contributed by atoms with Crippen LogP contribution >= 0.6 is 0 Å². The summed E-state index contributed by atoms with van der Waals surface area (Å²) in [6.07, 6.45) is 5.13. The van der Waals surface area contributed by atoms with E-state index < -0.39 is 11.7 Å². The Labute approximate surface area is 321 Å². The number of fused-ring (bicyclic) bond motifs is 9. The molecule has 8 rings (SSSR count). The molecule has 0 fully saturated rings. The highest BCUT2D eigenvalue weighted by Gasteiger charge is 2.50. The van der Waals surface area contributed by atoms with Gasteiger partial charge in [-0.3, -0.25) is 5.32 Å². The number of rotatable bonds is 13. The molecule has 0 bridgehead atoms. The van der Waals surface area contributed by atoms with Gasteiger partial charge in [-0.2, -0.15) is 0 Å². The third-order valence-electron chi connectivity index (χ3n) is 11.7. The summed E-state index contributed by atoms with van der Waals surface area (Å²) in [7, 11) is 5.30. The predicted octanol–water partition coefficient (Wildman–Crippen LogP) is 5.58. The van der Waals surface area contributed by atoms with Crippen LogP contribution in [0.15, 0.2) is 60.8 Å². The van der Waals surface area contributed by atoms with Crippen molar-refractivity contribution in [2.75, 3.05) is 47.7 Å². The van der Waals surface area contributed by atoms with Gasteiger partial charge in [0, 0.05) is 48.0 Å². The maximum absolute atomic E-state index is 11.1. The molecule has 55 heavy (non-hydrogen) atoms. The van der Waals surface area contributed by atoms with Crippen LogP contribution in [0.25, 0.3) is 22.0 Å². The molecule has 0 spiro atoms. The maximum Gasteiger partial charge on any atom is 0.161 e. The number of methoxy groups -OCH3 is 1. The third kappa shape index (κ3) is 6.68. The van der Waals surface area contributed by atoms with Crippen molar-refractivity contribution in [3.8, 4) is 39.9 Å². The van der Waals surface area contributed by atoms with Gasteiger partial charge in [-0.15, -0.1) is 0 Å². The molecule has 0 saturated carbocycles. The van der Waals surface area contributed by atoms with Crippen molar-refractivity contribution in [3.63, 3.8) is 0 Å². The quantitative estimate of drug-likeness (QED) is 0.0759. The minimum absolute atomic E-state index is 0.00912. The summed E-state index contributed by atoms with van der Waals surface area (Å²) in [4.78, 5) is 3.30. The summed E-state index contributed by atoms with van der Waals surface area (Å²) >= 11 is 0. The van der Waals surface area contributed by atoms with Crippen molar-refractivity contribution in [2.24, 2.45) is 0 Å². The average Bonchev–Trinajstić information content (AvgIpc) is 3.67. The molecular weight excluding hydrogens is 698 g/mol. The highest BCUT2D eigenvalue weighted by molar-refractivity contribution is 5.85. The monoisotopic (exact) mass is 749 g/mol. The van der Waals surface area contributed by atoms with Crippen LogP contribution in [0.5, 0.6) is 28.7 Å². The van der Waals surface area contributed by atoms with E-state index >= 15 is 0 Å². The van der Waals surface area contributed by atoms with Gasteiger partial charge < -0.3 is 49.7 Å². The fourth-order valence-corrected chi connectivity index (χ4v) is 9.18. The van der Waals surface area contributed by atoms with E-state index in [1.807, 2.05) is 44.6 Å². The number of nitrogens with one attached hydrogen (secondary N) is 3. The normalized spacial score (nSPS) is 21.2. The molecule has 1 aliphatic carbocycles. The summed E-state index contributed by atoms with van der Waals surface area (Å²) in [5.41, 5.74) is 9.05. The second-order valence-corrected chi connectivity index (χ2v) is 15.2. The SMILES string of the molecule is CNCO[C@]1(CNC)Cc2c3c(c4c(c2O[C@@H]1c1cc(CCCO)c(O)c(OC)c1)CC[C@H](CO)O4)-c1ccc(O)cc1[C@@H](Cc1ccc2[nH]ccc2c1)C3. The van der Waals surface area contributed by atoms with Crippen LogP contribution in [0.1, 0.15) is 63.8 Å². The number of H-pyrrole nitrogens is 1. The summed E-state index contributed by atoms with van der Waals surface area (Å²) in [6, 6.07) is 18.0. The van der Waals surface area contributed by atoms with E-state index in [4.69, 9.17) is 18.9 Å². The number of hydrogen-bond donors (Lipinski definition) is 7. The molecule has 7 N–H and O–H groups in total. The first-order chi connectivity index (χ1) is 26.8. The van der Waals surface area contributed by atoms with E-state index in [1.54, 1.807) is 6.07 Å². The van der Waals surface area contributed by atoms with Crippen LogP contribution in [-0.2, 0) is 36.8 Å². The number of phenols is 2. The fourth-order valence-electron chi connectivity index (χ4n) is 9.18. The molecule has 11 heteroatoms. The Morgan fingerprint density at radius 3 is 2.60 bits per heavy atom. The molecule has 2 aliphatic heterocycles. The van der Waals surface area contributed by atoms with E-state index in [2.05, 4.69) is 39.9 Å². The number of ether oxygens (including phenoxy) is 4. The van der Waals surface area contributed by atoms with Crippen LogP contribution in [-0.4, -0.2) is 84.8 Å². The largest absolute Gasteiger partial charge is 0.508 e. The fraction of sp³-hybridized carbons (Fsp3) is 0.409. The van der Waals surface area contributed by atoms with E-state index in [-0.39, 0.29) is 43.5 Å². The number of aromatic nitrogens is 1. The zero-order valence-electron chi connectivity index (χ0n) is 31.7. The van der Waals surface area contributed by atoms with E-state index in [1.165, 1.54) is 12.7 Å². The van der Waals surface area contributed by atoms with Crippen LogP contribution in [0.4, 0.5) is 0 Å². The number of aromatic amines is 1. The van der Waals surface area contributed by atoms with Gasteiger partial charge >= 0.3 is 0 Å². The van der Waals surface area contributed by atoms with E-state index in [0.29, 0.717) is 56.4 Å². The number of likely N-dealkylation sites (N-methyl/N-ethyl adjacent to an activating group) is 1. The Balaban J connectivity index is 1.34. The van der Waals surface area contributed by atoms with Gasteiger partial charge in [-0.1, -0.05) is 12.1 Å². The number of benzene rings is 4. The number of phenolic OH excluding ortho intramolecular Hbond substituents is 2. The lowest BCUT2D eigenvalue weighted by Gasteiger charge is -2.47. The first-order valence-corrected chi connectivity index (χ1v) is 19.3. The second kappa shape index (κ2) is 15.4. The van der Waals surface area contributed by atoms with Crippen molar-refractivity contribution in [1.82, 2.24) is 15.6 Å². The van der Waals surface area contributed by atoms with Crippen molar-refractivity contribution in [3.05, 3.63) is 99.7 Å². The molecule has 290 valence electrons. The number of aliphatic hydroxyl groups is 2. The Bertz CT molecular complexity index is 2200. The van der Waals surface area contributed by atoms with Crippen LogP contribution in [0, 0.1) is 0 Å². The van der Waals surface area contributed by atoms with Crippen molar-refractivity contribution < 1.29 is 39.4 Å². The minimum Gasteiger partial charge on any atom is -0.508 e. The highest BCUT2D eigenvalue weighted by Crippen LogP contribution is 2.58. The molecule has 1 aromatic heterocycles. The van der Waals surface area contributed by atoms with Gasteiger partial charge in [0.2, 0.25) is 0 Å². The Morgan fingerprint density at radius 1 is 0.945 bits per heavy atom. The predicted molar refractivity (Wildman–Crippen MR) is 211 cm³/mol. The van der Waals surface area contributed by atoms with E-state index in [0.717, 1.165) is 67.8 Å². The average molecular weight is 750 g/mol. The molecule has 0 amide bonds. The van der Waals surface area contributed by atoms with Gasteiger partial charge in [0.1, 0.15) is 29.0 Å². The summed E-state index contributed by atoms with van der Waals surface area (Å²) in [5, 5.41) is 49.7. The topological polar surface area (TPSA) is 158 Å². The Hall–Kier alpha value is -4.78. The molecule has 3 aliphatic rings. The highest BCUT2D eigenvalue weighted by atomic mass is 16.6. The lowest BCUT2D eigenvalue weighted by atomic mass is 9.70. The van der Waals surface area contributed by atoms with Crippen LogP contribution in [0.3, 0.4) is 0 Å². The van der Waals surface area contributed by atoms with Gasteiger partial charge in [-0.05, 0) is 140 Å². The van der Waals surface area contributed by atoms with Crippen molar-refractivity contribution in [2.45, 2.75) is 68.7 Å². The van der Waals surface area contributed by atoms with Crippen molar-refractivity contribution >= 4 is 10.9 Å². The third-order valence-corrected chi connectivity index (χ3v) is 11.7. The smallest absolute Gasteiger partial charge is 0.161 e. The number of aliphatic hydroxyl groups excluding tert-OH is 2. The molecule has 4 atom stereocenters. The van der Waals surface area contributed by atoms with E-state index in [9.17, 15) is 20.4 Å². The van der Waals surface area contributed by atoms with Crippen LogP contribution in [0.2, 0.25) is 0 Å². The summed E-state index contributed by atoms with van der Waals surface area (Å²) in [5.74, 6) is 2.13. The van der Waals surface area contributed by atoms with Crippen molar-refractivity contribution in [1.29, 1.82) is 0 Å². The van der Waals surface area contributed by atoms with Gasteiger partial charge in [0.15, 0.2) is 17.6 Å². The summed E-state index contributed by atoms with van der Waals surface area (Å²) in [6.45, 7) is 0.608. The number of hydrogen-bond acceptors (Lipinski definition) is 10. The lowest BCUT2D eigenvalue weighted by molar-refractivity contribution is -0.128.